The van der Waals surface area contributed by atoms with E-state index in [1.165, 1.54) is 12.2 Å². The number of aromatic nitrogens is 2. The minimum atomic E-state index is -4.97. The third-order valence-corrected chi connectivity index (χ3v) is 9.73. The van der Waals surface area contributed by atoms with Crippen molar-refractivity contribution in [3.05, 3.63) is 94.1 Å². The van der Waals surface area contributed by atoms with E-state index < -0.39 is 88.9 Å². The number of alkyl halides is 6. The van der Waals surface area contributed by atoms with Crippen molar-refractivity contribution in [1.29, 1.82) is 0 Å². The van der Waals surface area contributed by atoms with Crippen LogP contribution < -0.4 is 8.57 Å². The molecule has 244 valence electrons. The maximum Gasteiger partial charge on any atom is 0.416 e. The van der Waals surface area contributed by atoms with Gasteiger partial charge in [-0.05, 0) is 48.5 Å². The Morgan fingerprint density at radius 1 is 0.522 bits per heavy atom. The summed E-state index contributed by atoms with van der Waals surface area (Å²) in [6.07, 6.45) is -6.85. The highest BCUT2D eigenvalue weighted by molar-refractivity contribution is 7.87. The van der Waals surface area contributed by atoms with Gasteiger partial charge in [0.2, 0.25) is 23.5 Å². The van der Waals surface area contributed by atoms with Crippen LogP contribution in [0.2, 0.25) is 0 Å². The Kier molecular flexibility index (Phi) is 6.58. The van der Waals surface area contributed by atoms with Crippen LogP contribution in [-0.4, -0.2) is 46.7 Å². The third kappa shape index (κ3) is 4.66. The van der Waals surface area contributed by atoms with Crippen molar-refractivity contribution in [3.8, 4) is 23.5 Å². The number of hydrogen-bond donors (Lipinski definition) is 4. The molecule has 0 radical (unpaired) electrons. The van der Waals surface area contributed by atoms with Crippen molar-refractivity contribution in [1.82, 2.24) is 9.46 Å². The van der Waals surface area contributed by atoms with Gasteiger partial charge in [0.1, 0.15) is 9.79 Å². The van der Waals surface area contributed by atoms with Crippen LogP contribution in [0.25, 0.3) is 0 Å². The molecule has 0 aliphatic heterocycles. The lowest BCUT2D eigenvalue weighted by molar-refractivity contribution is -0.138. The zero-order chi connectivity index (χ0) is 33.7. The Morgan fingerprint density at radius 3 is 1.02 bits per heavy atom. The third-order valence-electron chi connectivity index (χ3n) is 7.34. The van der Waals surface area contributed by atoms with E-state index in [0.717, 1.165) is 0 Å². The summed E-state index contributed by atoms with van der Waals surface area (Å²) in [6, 6.07) is 4.23. The van der Waals surface area contributed by atoms with Crippen LogP contribution in [0.15, 0.2) is 70.5 Å². The summed E-state index contributed by atoms with van der Waals surface area (Å²) in [5.74, 6) is -6.69. The number of benzene rings is 2. The molecule has 0 amide bonds. The Morgan fingerprint density at radius 2 is 0.783 bits per heavy atom. The number of nitrogens with zero attached hydrogens (tertiary/aromatic N) is 2. The molecule has 2 aromatic carbocycles. The summed E-state index contributed by atoms with van der Waals surface area (Å²) in [7, 11) is -9.93. The maximum absolute atomic E-state index is 12.9. The molecule has 7 rings (SSSR count). The van der Waals surface area contributed by atoms with Gasteiger partial charge in [-0.2, -0.15) is 43.2 Å². The van der Waals surface area contributed by atoms with Gasteiger partial charge in [0.05, 0.1) is 11.1 Å². The molecule has 0 unspecified atom stereocenters. The fourth-order valence-corrected chi connectivity index (χ4v) is 7.07. The van der Waals surface area contributed by atoms with Crippen LogP contribution in [0.3, 0.4) is 0 Å². The molecule has 0 atom stereocenters. The molecule has 46 heavy (non-hydrogen) atoms. The first-order valence-corrected chi connectivity index (χ1v) is 15.3. The molecular formula is C26H16F6N2O10S2. The normalized spacial score (nSPS) is 17.5. The van der Waals surface area contributed by atoms with E-state index in [9.17, 15) is 63.6 Å². The molecule has 2 bridgehead atoms. The predicted octanol–water partition coefficient (Wildman–Crippen LogP) is 3.93. The smallest absolute Gasteiger partial charge is 0.416 e. The van der Waals surface area contributed by atoms with Crippen molar-refractivity contribution in [3.63, 3.8) is 0 Å². The van der Waals surface area contributed by atoms with Crippen molar-refractivity contribution in [2.75, 3.05) is 0 Å². The van der Waals surface area contributed by atoms with Crippen LogP contribution in [0.5, 0.6) is 23.5 Å². The van der Waals surface area contributed by atoms with E-state index in [4.69, 9.17) is 8.57 Å². The van der Waals surface area contributed by atoms with E-state index >= 15 is 0 Å². The molecule has 4 N–H and O–H groups in total. The van der Waals surface area contributed by atoms with E-state index in [-0.39, 0.29) is 31.7 Å². The minimum absolute atomic E-state index is 0.0737. The first-order chi connectivity index (χ1) is 21.2. The quantitative estimate of drug-likeness (QED) is 0.171. The monoisotopic (exact) mass is 694 g/mol. The van der Waals surface area contributed by atoms with Gasteiger partial charge in [-0.15, -0.1) is 0 Å². The average Bonchev–Trinajstić information content (AvgIpc) is 3.39. The van der Waals surface area contributed by atoms with Crippen molar-refractivity contribution >= 4 is 20.2 Å². The number of allylic oxidation sites excluding steroid dienone is 2. The number of hydrogen-bond acceptors (Lipinski definition) is 10. The van der Waals surface area contributed by atoms with E-state index in [1.54, 1.807) is 0 Å². The second-order valence-corrected chi connectivity index (χ2v) is 13.0. The SMILES string of the molecule is O=S(=O)(On1c(O)c2c(c1O)C1C=CC2c2c1c(O)n(OS(=O)(=O)c1ccc(C(F)(F)F)cc1)c2O)c1ccc(C(F)(F)F)cc1. The first kappa shape index (κ1) is 31.0. The van der Waals surface area contributed by atoms with Gasteiger partial charge >= 0.3 is 32.6 Å². The molecule has 3 aliphatic rings. The van der Waals surface area contributed by atoms with Gasteiger partial charge < -0.3 is 20.4 Å². The van der Waals surface area contributed by atoms with Gasteiger partial charge in [0.25, 0.3) is 0 Å². The van der Waals surface area contributed by atoms with Crippen molar-refractivity contribution < 1.29 is 72.2 Å². The van der Waals surface area contributed by atoms with Crippen molar-refractivity contribution in [2.24, 2.45) is 0 Å². The van der Waals surface area contributed by atoms with E-state index in [1.807, 2.05) is 0 Å². The standard InChI is InChI=1S/C26H16F6N2O10S2/c27-25(28,29)11-1-5-13(6-2-11)45(39,40)43-33-21(35)17-15-9-10-16(18(17)22(33)36)20-19(15)23(37)34(24(20)38)44-46(41,42)14-7-3-12(4-8-14)26(30,31)32/h1-10,15-16,35-38H. The molecule has 2 aromatic heterocycles. The molecule has 0 saturated carbocycles. The Balaban J connectivity index is 1.35. The molecule has 0 fully saturated rings. The fourth-order valence-electron chi connectivity index (χ4n) is 5.29. The molecule has 4 aromatic rings. The summed E-state index contributed by atoms with van der Waals surface area (Å²) in [6.45, 7) is 0. The maximum atomic E-state index is 12.9. The van der Waals surface area contributed by atoms with Gasteiger partial charge in [0.15, 0.2) is 0 Å². The topological polar surface area (TPSA) is 178 Å². The molecule has 0 saturated heterocycles. The van der Waals surface area contributed by atoms with Crippen LogP contribution in [0, 0.1) is 0 Å². The zero-order valence-electron chi connectivity index (χ0n) is 22.1. The highest BCUT2D eigenvalue weighted by Gasteiger charge is 2.48. The lowest BCUT2D eigenvalue weighted by atomic mass is 9.70. The Hall–Kier alpha value is -4.98. The van der Waals surface area contributed by atoms with Crippen LogP contribution in [0.1, 0.15) is 45.2 Å². The molecule has 2 heterocycles. The van der Waals surface area contributed by atoms with Gasteiger partial charge in [-0.25, -0.2) is 0 Å². The number of aromatic hydroxyl groups is 4. The van der Waals surface area contributed by atoms with Gasteiger partial charge in [-0.3, -0.25) is 8.57 Å². The van der Waals surface area contributed by atoms with Crippen LogP contribution >= 0.6 is 0 Å². The Bertz CT molecular complexity index is 1940. The molecule has 20 heteroatoms. The average molecular weight is 695 g/mol. The van der Waals surface area contributed by atoms with Gasteiger partial charge in [-0.1, -0.05) is 21.6 Å². The van der Waals surface area contributed by atoms with Crippen LogP contribution in [-0.2, 0) is 32.6 Å². The molecular weight excluding hydrogens is 678 g/mol. The molecule has 0 spiro atoms. The van der Waals surface area contributed by atoms with Gasteiger partial charge in [0, 0.05) is 34.1 Å². The summed E-state index contributed by atoms with van der Waals surface area (Å²) in [5.41, 5.74) is -3.32. The fraction of sp³-hybridized carbons (Fsp3) is 0.154. The van der Waals surface area contributed by atoms with E-state index in [0.29, 0.717) is 48.5 Å². The van der Waals surface area contributed by atoms with Crippen molar-refractivity contribution in [2.45, 2.75) is 34.0 Å². The first-order valence-electron chi connectivity index (χ1n) is 12.5. The summed E-state index contributed by atoms with van der Waals surface area (Å²) < 4.78 is 138. The second-order valence-electron chi connectivity index (χ2n) is 9.98. The zero-order valence-corrected chi connectivity index (χ0v) is 23.8. The highest BCUT2D eigenvalue weighted by atomic mass is 32.2. The summed E-state index contributed by atoms with van der Waals surface area (Å²) in [4.78, 5) is -1.54. The summed E-state index contributed by atoms with van der Waals surface area (Å²) in [5, 5.41) is 43.7. The predicted molar refractivity (Wildman–Crippen MR) is 139 cm³/mol. The molecule has 3 aliphatic carbocycles. The number of halogens is 6. The van der Waals surface area contributed by atoms with Crippen LogP contribution in [0.4, 0.5) is 26.3 Å². The molecule has 12 nitrogen and oxygen atoms in total. The summed E-state index contributed by atoms with van der Waals surface area (Å²) >= 11 is 0. The Labute approximate surface area is 253 Å². The lowest BCUT2D eigenvalue weighted by Crippen LogP contribution is -2.20. The number of rotatable bonds is 6. The lowest BCUT2D eigenvalue weighted by Gasteiger charge is -2.30. The van der Waals surface area contributed by atoms with E-state index in [2.05, 4.69) is 0 Å². The minimum Gasteiger partial charge on any atom is -0.492 e. The highest BCUT2D eigenvalue weighted by Crippen LogP contribution is 2.60. The second kappa shape index (κ2) is 9.76. The largest absolute Gasteiger partial charge is 0.492 e.